The number of rotatable bonds is 6. The number of nitrogens with zero attached hydrogens (tertiary/aromatic N) is 2. The summed E-state index contributed by atoms with van der Waals surface area (Å²) in [6.45, 7) is 2.72. The average Bonchev–Trinajstić information content (AvgIpc) is 3.15. The van der Waals surface area contributed by atoms with E-state index in [1.165, 1.54) is 0 Å². The van der Waals surface area contributed by atoms with Gasteiger partial charge >= 0.3 is 0 Å². The summed E-state index contributed by atoms with van der Waals surface area (Å²) in [7, 11) is 0. The van der Waals surface area contributed by atoms with Gasteiger partial charge < -0.3 is 15.2 Å². The van der Waals surface area contributed by atoms with Crippen LogP contribution in [0.25, 0.3) is 5.69 Å². The van der Waals surface area contributed by atoms with Gasteiger partial charge in [-0.25, -0.2) is 4.98 Å². The summed E-state index contributed by atoms with van der Waals surface area (Å²) in [6.07, 6.45) is 6.34. The number of anilines is 2. The van der Waals surface area contributed by atoms with Gasteiger partial charge in [0.25, 0.3) is 5.91 Å². The quantitative estimate of drug-likeness (QED) is 0.727. The highest BCUT2D eigenvalue weighted by Gasteiger charge is 2.05. The van der Waals surface area contributed by atoms with E-state index >= 15 is 0 Å². The smallest absolute Gasteiger partial charge is 0.251 e. The van der Waals surface area contributed by atoms with Crippen LogP contribution in [0, 0.1) is 0 Å². The predicted molar refractivity (Wildman–Crippen MR) is 95.9 cm³/mol. The monoisotopic (exact) mass is 320 g/mol. The molecular weight excluding hydrogens is 300 g/mol. The number of nitrogens with one attached hydrogen (secondary N) is 2. The number of aromatic nitrogens is 2. The van der Waals surface area contributed by atoms with Crippen LogP contribution in [-0.4, -0.2) is 22.0 Å². The first-order chi connectivity index (χ1) is 11.8. The lowest BCUT2D eigenvalue weighted by Gasteiger charge is -2.10. The van der Waals surface area contributed by atoms with Crippen molar-refractivity contribution in [2.75, 3.05) is 11.9 Å². The zero-order valence-electron chi connectivity index (χ0n) is 13.6. The second-order valence-corrected chi connectivity index (χ2v) is 5.48. The number of carbonyl (C=O) groups excluding carboxylic acids is 1. The molecule has 1 amide bonds. The van der Waals surface area contributed by atoms with Gasteiger partial charge in [-0.05, 0) is 48.9 Å². The Bertz CT molecular complexity index is 794. The first kappa shape index (κ1) is 15.8. The zero-order chi connectivity index (χ0) is 16.8. The second-order valence-electron chi connectivity index (χ2n) is 5.48. The van der Waals surface area contributed by atoms with Gasteiger partial charge in [-0.15, -0.1) is 0 Å². The maximum atomic E-state index is 12.0. The van der Waals surface area contributed by atoms with Crippen LogP contribution in [0.15, 0.2) is 67.3 Å². The molecular formula is C19H20N4O. The number of hydrogen-bond donors (Lipinski definition) is 2. The summed E-state index contributed by atoms with van der Waals surface area (Å²) >= 11 is 0. The average molecular weight is 320 g/mol. The third kappa shape index (κ3) is 3.81. The molecule has 2 N–H and O–H groups in total. The molecule has 0 aliphatic carbocycles. The molecule has 0 bridgehead atoms. The Labute approximate surface area is 141 Å². The molecule has 5 nitrogen and oxygen atoms in total. The lowest BCUT2D eigenvalue weighted by molar-refractivity contribution is 0.0953. The molecule has 0 aliphatic heterocycles. The Kier molecular flexibility index (Phi) is 4.91. The Balaban J connectivity index is 1.70. The van der Waals surface area contributed by atoms with Gasteiger partial charge in [0.05, 0.1) is 6.33 Å². The molecule has 0 aliphatic rings. The number of hydrogen-bond acceptors (Lipinski definition) is 3. The number of imidazole rings is 1. The zero-order valence-corrected chi connectivity index (χ0v) is 13.6. The summed E-state index contributed by atoms with van der Waals surface area (Å²) in [4.78, 5) is 16.1. The fourth-order valence-electron chi connectivity index (χ4n) is 2.37. The Morgan fingerprint density at radius 1 is 1.12 bits per heavy atom. The lowest BCUT2D eigenvalue weighted by Crippen LogP contribution is -2.23. The second kappa shape index (κ2) is 7.46. The third-order valence-electron chi connectivity index (χ3n) is 3.62. The van der Waals surface area contributed by atoms with Crippen molar-refractivity contribution in [2.45, 2.75) is 13.3 Å². The molecule has 0 radical (unpaired) electrons. The minimum absolute atomic E-state index is 0.0454. The van der Waals surface area contributed by atoms with Crippen LogP contribution < -0.4 is 10.6 Å². The highest BCUT2D eigenvalue weighted by Crippen LogP contribution is 2.19. The largest absolute Gasteiger partial charge is 0.356 e. The fourth-order valence-corrected chi connectivity index (χ4v) is 2.37. The van der Waals surface area contributed by atoms with E-state index < -0.39 is 0 Å². The van der Waals surface area contributed by atoms with Crippen molar-refractivity contribution in [3.63, 3.8) is 0 Å². The van der Waals surface area contributed by atoms with Gasteiger partial charge in [0, 0.05) is 41.6 Å². The summed E-state index contributed by atoms with van der Waals surface area (Å²) < 4.78 is 1.95. The summed E-state index contributed by atoms with van der Waals surface area (Å²) in [5, 5.41) is 6.21. The van der Waals surface area contributed by atoms with Crippen molar-refractivity contribution in [3.05, 3.63) is 72.8 Å². The van der Waals surface area contributed by atoms with Crippen molar-refractivity contribution < 1.29 is 4.79 Å². The number of amides is 1. The van der Waals surface area contributed by atoms with Gasteiger partial charge in [0.1, 0.15) is 0 Å². The molecule has 2 aromatic carbocycles. The molecule has 122 valence electrons. The SMILES string of the molecule is CCCNC(=O)c1cccc(Nc2ccc(-n3ccnc3)cc2)c1. The highest BCUT2D eigenvalue weighted by atomic mass is 16.1. The van der Waals surface area contributed by atoms with Gasteiger partial charge in [-0.2, -0.15) is 0 Å². The van der Waals surface area contributed by atoms with E-state index in [1.54, 1.807) is 12.5 Å². The van der Waals surface area contributed by atoms with E-state index in [2.05, 4.69) is 15.6 Å². The van der Waals surface area contributed by atoms with Crippen LogP contribution in [0.5, 0.6) is 0 Å². The van der Waals surface area contributed by atoms with Crippen molar-refractivity contribution in [1.29, 1.82) is 0 Å². The lowest BCUT2D eigenvalue weighted by atomic mass is 10.1. The van der Waals surface area contributed by atoms with E-state index in [-0.39, 0.29) is 5.91 Å². The van der Waals surface area contributed by atoms with Crippen LogP contribution in [0.1, 0.15) is 23.7 Å². The summed E-state index contributed by atoms with van der Waals surface area (Å²) in [5.41, 5.74) is 3.55. The standard InChI is InChI=1S/C19H20N4O/c1-2-10-21-19(24)15-4-3-5-17(13-15)22-16-6-8-18(9-7-16)23-12-11-20-14-23/h3-9,11-14,22H,2,10H2,1H3,(H,21,24). The van der Waals surface area contributed by atoms with E-state index in [9.17, 15) is 4.79 Å². The molecule has 0 atom stereocenters. The molecule has 0 unspecified atom stereocenters. The summed E-state index contributed by atoms with van der Waals surface area (Å²) in [5.74, 6) is -0.0454. The van der Waals surface area contributed by atoms with Crippen LogP contribution in [0.4, 0.5) is 11.4 Å². The highest BCUT2D eigenvalue weighted by molar-refractivity contribution is 5.95. The van der Waals surface area contributed by atoms with Gasteiger partial charge in [0.2, 0.25) is 0 Å². The van der Waals surface area contributed by atoms with Crippen molar-refractivity contribution in [2.24, 2.45) is 0 Å². The van der Waals surface area contributed by atoms with Gasteiger partial charge in [-0.3, -0.25) is 4.79 Å². The van der Waals surface area contributed by atoms with Crippen LogP contribution in [0.2, 0.25) is 0 Å². The Morgan fingerprint density at radius 3 is 2.67 bits per heavy atom. The normalized spacial score (nSPS) is 10.4. The minimum atomic E-state index is -0.0454. The molecule has 1 heterocycles. The number of carbonyl (C=O) groups is 1. The fraction of sp³-hybridized carbons (Fsp3) is 0.158. The molecule has 5 heteroatoms. The van der Waals surface area contributed by atoms with Crippen LogP contribution in [0.3, 0.4) is 0 Å². The van der Waals surface area contributed by atoms with E-state index in [0.717, 1.165) is 23.5 Å². The van der Waals surface area contributed by atoms with E-state index in [1.807, 2.05) is 66.2 Å². The predicted octanol–water partition coefficient (Wildman–Crippen LogP) is 3.76. The third-order valence-corrected chi connectivity index (χ3v) is 3.62. The molecule has 24 heavy (non-hydrogen) atoms. The molecule has 0 fully saturated rings. The topological polar surface area (TPSA) is 59.0 Å². The molecule has 3 aromatic rings. The Hall–Kier alpha value is -3.08. The molecule has 0 spiro atoms. The van der Waals surface area contributed by atoms with E-state index in [4.69, 9.17) is 0 Å². The van der Waals surface area contributed by atoms with Crippen LogP contribution >= 0.6 is 0 Å². The molecule has 0 saturated carbocycles. The van der Waals surface area contributed by atoms with Crippen molar-refractivity contribution in [1.82, 2.24) is 14.9 Å². The van der Waals surface area contributed by atoms with Crippen molar-refractivity contribution in [3.8, 4) is 5.69 Å². The van der Waals surface area contributed by atoms with Gasteiger partial charge in [0.15, 0.2) is 0 Å². The summed E-state index contributed by atoms with van der Waals surface area (Å²) in [6, 6.07) is 15.5. The van der Waals surface area contributed by atoms with Crippen LogP contribution in [-0.2, 0) is 0 Å². The maximum Gasteiger partial charge on any atom is 0.251 e. The molecule has 3 rings (SSSR count). The van der Waals surface area contributed by atoms with Crippen molar-refractivity contribution >= 4 is 17.3 Å². The number of benzene rings is 2. The van der Waals surface area contributed by atoms with E-state index in [0.29, 0.717) is 12.1 Å². The minimum Gasteiger partial charge on any atom is -0.356 e. The Morgan fingerprint density at radius 2 is 1.96 bits per heavy atom. The first-order valence-corrected chi connectivity index (χ1v) is 8.00. The first-order valence-electron chi connectivity index (χ1n) is 8.00. The molecule has 0 saturated heterocycles. The molecule has 1 aromatic heterocycles. The maximum absolute atomic E-state index is 12.0. The van der Waals surface area contributed by atoms with Gasteiger partial charge in [-0.1, -0.05) is 13.0 Å².